The number of amides is 2. The standard InChI is InChI=1S/C19H22N2O2S2/c1-13-4-6-15(7-5-13)20-18(22)12-25-14(2)19(23)21-16-8-10-17(24-3)11-9-16/h4-11,14H,12H2,1-3H3,(H,20,22)(H,21,23). The number of benzene rings is 2. The lowest BCUT2D eigenvalue weighted by molar-refractivity contribution is -0.115. The van der Waals surface area contributed by atoms with Gasteiger partial charge >= 0.3 is 0 Å². The van der Waals surface area contributed by atoms with Crippen LogP contribution in [0.5, 0.6) is 0 Å². The molecule has 0 saturated heterocycles. The molecule has 1 unspecified atom stereocenters. The molecule has 0 heterocycles. The summed E-state index contributed by atoms with van der Waals surface area (Å²) in [6.45, 7) is 3.80. The molecular weight excluding hydrogens is 352 g/mol. The van der Waals surface area contributed by atoms with Crippen LogP contribution >= 0.6 is 23.5 Å². The van der Waals surface area contributed by atoms with Crippen molar-refractivity contribution < 1.29 is 9.59 Å². The van der Waals surface area contributed by atoms with Crippen LogP contribution < -0.4 is 10.6 Å². The van der Waals surface area contributed by atoms with E-state index in [9.17, 15) is 9.59 Å². The Morgan fingerprint density at radius 1 is 0.960 bits per heavy atom. The molecule has 0 aliphatic carbocycles. The molecule has 132 valence electrons. The molecule has 0 fully saturated rings. The highest BCUT2D eigenvalue weighted by molar-refractivity contribution is 8.01. The summed E-state index contributed by atoms with van der Waals surface area (Å²) >= 11 is 2.97. The van der Waals surface area contributed by atoms with Crippen LogP contribution in [0.3, 0.4) is 0 Å². The van der Waals surface area contributed by atoms with E-state index in [1.807, 2.05) is 61.7 Å². The highest BCUT2D eigenvalue weighted by Gasteiger charge is 2.15. The normalized spacial score (nSPS) is 11.6. The predicted molar refractivity (Wildman–Crippen MR) is 109 cm³/mol. The Bertz CT molecular complexity index is 715. The summed E-state index contributed by atoms with van der Waals surface area (Å²) in [6.07, 6.45) is 2.01. The first kappa shape index (κ1) is 19.4. The highest BCUT2D eigenvalue weighted by atomic mass is 32.2. The van der Waals surface area contributed by atoms with Crippen LogP contribution in [-0.4, -0.2) is 29.1 Å². The van der Waals surface area contributed by atoms with Crippen LogP contribution in [0.4, 0.5) is 11.4 Å². The third-order valence-electron chi connectivity index (χ3n) is 3.53. The van der Waals surface area contributed by atoms with Crippen molar-refractivity contribution in [3.63, 3.8) is 0 Å². The van der Waals surface area contributed by atoms with Crippen molar-refractivity contribution in [2.45, 2.75) is 24.0 Å². The second-order valence-electron chi connectivity index (χ2n) is 5.59. The Morgan fingerprint density at radius 2 is 1.52 bits per heavy atom. The Kier molecular flexibility index (Phi) is 7.40. The number of hydrogen-bond acceptors (Lipinski definition) is 4. The predicted octanol–water partition coefficient (Wildman–Crippen LogP) is 4.42. The van der Waals surface area contributed by atoms with E-state index in [2.05, 4.69) is 10.6 Å². The van der Waals surface area contributed by atoms with E-state index in [4.69, 9.17) is 0 Å². The molecule has 0 saturated carbocycles. The van der Waals surface area contributed by atoms with Crippen molar-refractivity contribution >= 4 is 46.7 Å². The van der Waals surface area contributed by atoms with Gasteiger partial charge in [-0.3, -0.25) is 9.59 Å². The number of thioether (sulfide) groups is 2. The molecule has 0 aliphatic rings. The van der Waals surface area contributed by atoms with Gasteiger partial charge in [0.15, 0.2) is 0 Å². The van der Waals surface area contributed by atoms with E-state index in [1.165, 1.54) is 11.8 Å². The van der Waals surface area contributed by atoms with Crippen LogP contribution in [0.2, 0.25) is 0 Å². The molecule has 6 heteroatoms. The van der Waals surface area contributed by atoms with Crippen molar-refractivity contribution in [2.24, 2.45) is 0 Å². The second kappa shape index (κ2) is 9.53. The lowest BCUT2D eigenvalue weighted by Crippen LogP contribution is -2.25. The highest BCUT2D eigenvalue weighted by Crippen LogP contribution is 2.19. The zero-order chi connectivity index (χ0) is 18.2. The molecule has 2 N–H and O–H groups in total. The zero-order valence-corrected chi connectivity index (χ0v) is 16.2. The second-order valence-corrected chi connectivity index (χ2v) is 7.79. The van der Waals surface area contributed by atoms with Crippen LogP contribution in [0, 0.1) is 6.92 Å². The first-order valence-corrected chi connectivity index (χ1v) is 10.2. The van der Waals surface area contributed by atoms with Crippen molar-refractivity contribution in [3.05, 3.63) is 54.1 Å². The van der Waals surface area contributed by atoms with Gasteiger partial charge in [-0.05, 0) is 56.5 Å². The molecule has 0 bridgehead atoms. The van der Waals surface area contributed by atoms with Gasteiger partial charge in [0.05, 0.1) is 11.0 Å². The van der Waals surface area contributed by atoms with Gasteiger partial charge < -0.3 is 10.6 Å². The van der Waals surface area contributed by atoms with E-state index in [1.54, 1.807) is 18.7 Å². The van der Waals surface area contributed by atoms with Crippen molar-refractivity contribution in [1.82, 2.24) is 0 Å². The average molecular weight is 375 g/mol. The number of rotatable bonds is 7. The summed E-state index contributed by atoms with van der Waals surface area (Å²) in [5, 5.41) is 5.39. The third kappa shape index (κ3) is 6.48. The van der Waals surface area contributed by atoms with Gasteiger partial charge in [-0.1, -0.05) is 17.7 Å². The molecule has 0 aliphatic heterocycles. The van der Waals surface area contributed by atoms with E-state index in [0.29, 0.717) is 0 Å². The molecule has 0 radical (unpaired) electrons. The SMILES string of the molecule is CSc1ccc(NC(=O)C(C)SCC(=O)Nc2ccc(C)cc2)cc1. The van der Waals surface area contributed by atoms with E-state index in [-0.39, 0.29) is 22.8 Å². The molecule has 0 aromatic heterocycles. The fourth-order valence-electron chi connectivity index (χ4n) is 2.03. The number of nitrogens with one attached hydrogen (secondary N) is 2. The summed E-state index contributed by atoms with van der Waals surface area (Å²) in [7, 11) is 0. The van der Waals surface area contributed by atoms with Gasteiger partial charge in [-0.25, -0.2) is 0 Å². The molecule has 2 amide bonds. The Labute approximate surface area is 157 Å². The maximum atomic E-state index is 12.2. The van der Waals surface area contributed by atoms with Crippen molar-refractivity contribution in [3.8, 4) is 0 Å². The molecule has 4 nitrogen and oxygen atoms in total. The molecule has 2 aromatic rings. The number of aryl methyl sites for hydroxylation is 1. The number of anilines is 2. The van der Waals surface area contributed by atoms with Gasteiger partial charge in [0.25, 0.3) is 0 Å². The maximum absolute atomic E-state index is 12.2. The van der Waals surface area contributed by atoms with Gasteiger partial charge in [-0.2, -0.15) is 0 Å². The average Bonchev–Trinajstić information content (AvgIpc) is 2.62. The van der Waals surface area contributed by atoms with E-state index >= 15 is 0 Å². The Balaban J connectivity index is 1.77. The third-order valence-corrected chi connectivity index (χ3v) is 5.41. The lowest BCUT2D eigenvalue weighted by Gasteiger charge is -2.12. The van der Waals surface area contributed by atoms with Gasteiger partial charge in [0.1, 0.15) is 0 Å². The van der Waals surface area contributed by atoms with Gasteiger partial charge in [0, 0.05) is 16.3 Å². The quantitative estimate of drug-likeness (QED) is 0.705. The van der Waals surface area contributed by atoms with Crippen LogP contribution in [-0.2, 0) is 9.59 Å². The fraction of sp³-hybridized carbons (Fsp3) is 0.263. The Morgan fingerprint density at radius 3 is 2.12 bits per heavy atom. The molecule has 25 heavy (non-hydrogen) atoms. The maximum Gasteiger partial charge on any atom is 0.237 e. The van der Waals surface area contributed by atoms with Crippen LogP contribution in [0.25, 0.3) is 0 Å². The largest absolute Gasteiger partial charge is 0.325 e. The summed E-state index contributed by atoms with van der Waals surface area (Å²) in [6, 6.07) is 15.3. The summed E-state index contributed by atoms with van der Waals surface area (Å²) in [5.74, 6) is 0.0105. The van der Waals surface area contributed by atoms with Crippen molar-refractivity contribution in [1.29, 1.82) is 0 Å². The van der Waals surface area contributed by atoms with Crippen molar-refractivity contribution in [2.75, 3.05) is 22.6 Å². The molecule has 1 atom stereocenters. The minimum atomic E-state index is -0.316. The molecule has 2 rings (SSSR count). The van der Waals surface area contributed by atoms with Crippen LogP contribution in [0.15, 0.2) is 53.4 Å². The van der Waals surface area contributed by atoms with E-state index < -0.39 is 0 Å². The van der Waals surface area contributed by atoms with Gasteiger partial charge in [-0.15, -0.1) is 23.5 Å². The molecule has 2 aromatic carbocycles. The monoisotopic (exact) mass is 374 g/mol. The summed E-state index contributed by atoms with van der Waals surface area (Å²) in [4.78, 5) is 25.3. The number of carbonyl (C=O) groups is 2. The number of hydrogen-bond donors (Lipinski definition) is 2. The summed E-state index contributed by atoms with van der Waals surface area (Å²) in [5.41, 5.74) is 2.67. The van der Waals surface area contributed by atoms with E-state index in [0.717, 1.165) is 21.8 Å². The lowest BCUT2D eigenvalue weighted by atomic mass is 10.2. The first-order chi connectivity index (χ1) is 12.0. The van der Waals surface area contributed by atoms with Gasteiger partial charge in [0.2, 0.25) is 11.8 Å². The minimum Gasteiger partial charge on any atom is -0.325 e. The minimum absolute atomic E-state index is 0.106. The zero-order valence-electron chi connectivity index (χ0n) is 14.5. The molecular formula is C19H22N2O2S2. The summed E-state index contributed by atoms with van der Waals surface area (Å²) < 4.78 is 0. The van der Waals surface area contributed by atoms with Crippen LogP contribution in [0.1, 0.15) is 12.5 Å². The Hall–Kier alpha value is -1.92. The smallest absolute Gasteiger partial charge is 0.237 e. The topological polar surface area (TPSA) is 58.2 Å². The molecule has 0 spiro atoms. The number of carbonyl (C=O) groups excluding carboxylic acids is 2. The fourth-order valence-corrected chi connectivity index (χ4v) is 3.12. The first-order valence-electron chi connectivity index (χ1n) is 7.91.